The third kappa shape index (κ3) is 0.432. The summed E-state index contributed by atoms with van der Waals surface area (Å²) in [6, 6.07) is 0. The summed E-state index contributed by atoms with van der Waals surface area (Å²) in [5, 5.41) is 8.72. The fraction of sp³-hybridized carbons (Fsp3) is 1.00. The fourth-order valence-electron chi connectivity index (χ4n) is 0.649. The zero-order valence-electron chi connectivity index (χ0n) is 4.02. The van der Waals surface area contributed by atoms with Crippen LogP contribution >= 0.6 is 0 Å². The highest BCUT2D eigenvalue weighted by atomic mass is 16.3. The van der Waals surface area contributed by atoms with Gasteiger partial charge in [0.15, 0.2) is 0 Å². The molecule has 1 unspecified atom stereocenters. The Kier molecular flexibility index (Phi) is 0.845. The molecule has 0 bridgehead atoms. The van der Waals surface area contributed by atoms with Crippen molar-refractivity contribution in [2.75, 3.05) is 0 Å². The molecule has 0 radical (unpaired) electrons. The van der Waals surface area contributed by atoms with Gasteiger partial charge in [-0.3, -0.25) is 0 Å². The molecular weight excluding hydrogens is 76.1 g/mol. The first kappa shape index (κ1) is 4.13. The van der Waals surface area contributed by atoms with Crippen LogP contribution in [0.3, 0.4) is 0 Å². The molecule has 0 amide bonds. The maximum atomic E-state index is 8.72. The Labute approximate surface area is 38.0 Å². The molecule has 1 N–H and O–H groups in total. The molecule has 1 aliphatic carbocycles. The second-order valence-electron chi connectivity index (χ2n) is 2.12. The summed E-state index contributed by atoms with van der Waals surface area (Å²) >= 11 is 0. The lowest BCUT2D eigenvalue weighted by atomic mass is 9.84. The van der Waals surface area contributed by atoms with Crippen LogP contribution in [0.2, 0.25) is 0 Å². The summed E-state index contributed by atoms with van der Waals surface area (Å²) in [7, 11) is 0. The van der Waals surface area contributed by atoms with Crippen LogP contribution in [0.1, 0.15) is 19.8 Å². The van der Waals surface area contributed by atoms with Crippen molar-refractivity contribution in [1.29, 1.82) is 0 Å². The van der Waals surface area contributed by atoms with E-state index in [1.165, 1.54) is 6.42 Å². The standard InChI is InChI=1S/C5H10O/c1-4-2-3-5(4)6/h4-6H,2-3H2,1H3/t4-,5?/m1/s1. The van der Waals surface area contributed by atoms with E-state index in [0.717, 1.165) is 6.42 Å². The van der Waals surface area contributed by atoms with Crippen molar-refractivity contribution < 1.29 is 5.11 Å². The molecule has 1 fully saturated rings. The molecule has 0 aromatic rings. The number of aliphatic hydroxyl groups is 1. The highest BCUT2D eigenvalue weighted by Crippen LogP contribution is 2.25. The van der Waals surface area contributed by atoms with Gasteiger partial charge in [0, 0.05) is 0 Å². The topological polar surface area (TPSA) is 20.2 Å². The summed E-state index contributed by atoms with van der Waals surface area (Å²) < 4.78 is 0. The third-order valence-electron chi connectivity index (χ3n) is 1.57. The fourth-order valence-corrected chi connectivity index (χ4v) is 0.649. The van der Waals surface area contributed by atoms with Crippen LogP contribution < -0.4 is 0 Å². The van der Waals surface area contributed by atoms with Crippen LogP contribution in [0, 0.1) is 5.92 Å². The second kappa shape index (κ2) is 1.23. The molecule has 0 spiro atoms. The molecule has 1 heteroatoms. The maximum Gasteiger partial charge on any atom is 0.0565 e. The van der Waals surface area contributed by atoms with Gasteiger partial charge >= 0.3 is 0 Å². The highest BCUT2D eigenvalue weighted by molar-refractivity contribution is 4.74. The predicted molar refractivity (Wildman–Crippen MR) is 24.4 cm³/mol. The average Bonchev–Trinajstić information content (AvgIpc) is 1.61. The largest absolute Gasteiger partial charge is 0.393 e. The van der Waals surface area contributed by atoms with Crippen molar-refractivity contribution >= 4 is 0 Å². The molecule has 0 heterocycles. The molecule has 0 aromatic carbocycles. The first-order valence-corrected chi connectivity index (χ1v) is 2.49. The number of rotatable bonds is 0. The van der Waals surface area contributed by atoms with Crippen molar-refractivity contribution in [3.8, 4) is 0 Å². The van der Waals surface area contributed by atoms with Crippen LogP contribution in [-0.2, 0) is 0 Å². The van der Waals surface area contributed by atoms with Crippen LogP contribution in [0.5, 0.6) is 0 Å². The summed E-state index contributed by atoms with van der Waals surface area (Å²) in [6.07, 6.45) is 2.28. The van der Waals surface area contributed by atoms with Gasteiger partial charge < -0.3 is 5.11 Å². The lowest BCUT2D eigenvalue weighted by molar-refractivity contribution is 0.0346. The van der Waals surface area contributed by atoms with E-state index < -0.39 is 0 Å². The molecule has 1 rings (SSSR count). The summed E-state index contributed by atoms with van der Waals surface area (Å²) in [6.45, 7) is 2.08. The SMILES string of the molecule is C[C@@H]1CCC1O. The normalized spacial score (nSPS) is 45.0. The second-order valence-corrected chi connectivity index (χ2v) is 2.12. The quantitative estimate of drug-likeness (QED) is 0.462. The smallest absolute Gasteiger partial charge is 0.0565 e. The van der Waals surface area contributed by atoms with Crippen molar-refractivity contribution in [3.63, 3.8) is 0 Å². The maximum absolute atomic E-state index is 8.72. The average molecular weight is 86.1 g/mol. The molecule has 1 aliphatic rings. The summed E-state index contributed by atoms with van der Waals surface area (Å²) in [5.41, 5.74) is 0. The third-order valence-corrected chi connectivity index (χ3v) is 1.57. The lowest BCUT2D eigenvalue weighted by Gasteiger charge is -2.28. The van der Waals surface area contributed by atoms with Crippen LogP contribution in [-0.4, -0.2) is 11.2 Å². The van der Waals surface area contributed by atoms with Crippen LogP contribution in [0.25, 0.3) is 0 Å². The Morgan fingerprint density at radius 1 is 1.50 bits per heavy atom. The van der Waals surface area contributed by atoms with Crippen molar-refractivity contribution in [2.24, 2.45) is 5.92 Å². The number of hydrogen-bond donors (Lipinski definition) is 1. The zero-order chi connectivity index (χ0) is 4.57. The molecule has 2 atom stereocenters. The Balaban J connectivity index is 2.20. The predicted octanol–water partition coefficient (Wildman–Crippen LogP) is 0.777. The van der Waals surface area contributed by atoms with Gasteiger partial charge in [0.25, 0.3) is 0 Å². The van der Waals surface area contributed by atoms with Gasteiger partial charge in [-0.05, 0) is 18.8 Å². The minimum Gasteiger partial charge on any atom is -0.393 e. The van der Waals surface area contributed by atoms with E-state index in [1.807, 2.05) is 0 Å². The molecule has 0 aromatic heterocycles. The molecular formula is C5H10O. The minimum absolute atomic E-state index is 0.0324. The van der Waals surface area contributed by atoms with Gasteiger partial charge in [0.05, 0.1) is 6.10 Å². The number of hydrogen-bond acceptors (Lipinski definition) is 1. The van der Waals surface area contributed by atoms with Gasteiger partial charge in [-0.15, -0.1) is 0 Å². The highest BCUT2D eigenvalue weighted by Gasteiger charge is 2.23. The molecule has 0 saturated heterocycles. The van der Waals surface area contributed by atoms with Crippen molar-refractivity contribution in [3.05, 3.63) is 0 Å². The summed E-state index contributed by atoms with van der Waals surface area (Å²) in [5.74, 6) is 0.588. The van der Waals surface area contributed by atoms with E-state index >= 15 is 0 Å². The Morgan fingerprint density at radius 2 is 2.00 bits per heavy atom. The van der Waals surface area contributed by atoms with Gasteiger partial charge in [0.1, 0.15) is 0 Å². The van der Waals surface area contributed by atoms with E-state index in [4.69, 9.17) is 5.11 Å². The van der Waals surface area contributed by atoms with Crippen LogP contribution in [0.4, 0.5) is 0 Å². The minimum atomic E-state index is 0.0324. The molecule has 36 valence electrons. The first-order chi connectivity index (χ1) is 2.80. The van der Waals surface area contributed by atoms with E-state index in [1.54, 1.807) is 0 Å². The van der Waals surface area contributed by atoms with E-state index in [2.05, 4.69) is 6.92 Å². The van der Waals surface area contributed by atoms with E-state index in [9.17, 15) is 0 Å². The summed E-state index contributed by atoms with van der Waals surface area (Å²) in [4.78, 5) is 0. The monoisotopic (exact) mass is 86.1 g/mol. The Morgan fingerprint density at radius 3 is 2.00 bits per heavy atom. The Hall–Kier alpha value is -0.0400. The van der Waals surface area contributed by atoms with Gasteiger partial charge in [-0.25, -0.2) is 0 Å². The van der Waals surface area contributed by atoms with E-state index in [-0.39, 0.29) is 6.10 Å². The molecule has 1 nitrogen and oxygen atoms in total. The molecule has 0 aliphatic heterocycles. The van der Waals surface area contributed by atoms with Gasteiger partial charge in [0.2, 0.25) is 0 Å². The first-order valence-electron chi connectivity index (χ1n) is 2.49. The molecule has 1 saturated carbocycles. The van der Waals surface area contributed by atoms with E-state index in [0.29, 0.717) is 5.92 Å². The van der Waals surface area contributed by atoms with Crippen LogP contribution in [0.15, 0.2) is 0 Å². The van der Waals surface area contributed by atoms with Crippen molar-refractivity contribution in [2.45, 2.75) is 25.9 Å². The van der Waals surface area contributed by atoms with Gasteiger partial charge in [-0.2, -0.15) is 0 Å². The zero-order valence-corrected chi connectivity index (χ0v) is 4.02. The lowest BCUT2D eigenvalue weighted by Crippen LogP contribution is -2.27. The Bertz CT molecular complexity index is 43.9. The molecule has 6 heavy (non-hydrogen) atoms. The van der Waals surface area contributed by atoms with Crippen molar-refractivity contribution in [1.82, 2.24) is 0 Å². The number of aliphatic hydroxyl groups excluding tert-OH is 1. The van der Waals surface area contributed by atoms with Gasteiger partial charge in [-0.1, -0.05) is 6.92 Å².